The number of carbonyl (C=O) groups excluding carboxylic acids is 1. The average Bonchev–Trinajstić information content (AvgIpc) is 3.12. The van der Waals surface area contributed by atoms with Crippen molar-refractivity contribution in [1.82, 2.24) is 10.2 Å². The largest absolute Gasteiger partial charge is 0.497 e. The van der Waals surface area contributed by atoms with Crippen LogP contribution >= 0.6 is 0 Å². The SMILES string of the molecule is COc1ccc(-c2nnc(C(=O)Nc3cc(C)ccc3OC)o2)cc1. The summed E-state index contributed by atoms with van der Waals surface area (Å²) in [4.78, 5) is 12.4. The summed E-state index contributed by atoms with van der Waals surface area (Å²) in [6, 6.07) is 12.6. The smallest absolute Gasteiger partial charge is 0.313 e. The molecule has 128 valence electrons. The first-order valence-electron chi connectivity index (χ1n) is 7.54. The van der Waals surface area contributed by atoms with Crippen molar-refractivity contribution in [2.75, 3.05) is 19.5 Å². The number of rotatable bonds is 5. The van der Waals surface area contributed by atoms with Crippen LogP contribution in [0.25, 0.3) is 11.5 Å². The number of hydrogen-bond acceptors (Lipinski definition) is 6. The first-order chi connectivity index (χ1) is 12.1. The normalized spacial score (nSPS) is 10.4. The van der Waals surface area contributed by atoms with Gasteiger partial charge in [0.2, 0.25) is 5.89 Å². The number of methoxy groups -OCH3 is 2. The summed E-state index contributed by atoms with van der Waals surface area (Å²) in [5.74, 6) is 0.885. The van der Waals surface area contributed by atoms with E-state index in [1.54, 1.807) is 43.5 Å². The Morgan fingerprint density at radius 2 is 1.80 bits per heavy atom. The van der Waals surface area contributed by atoms with Gasteiger partial charge in [-0.3, -0.25) is 4.79 Å². The molecule has 2 aromatic carbocycles. The lowest BCUT2D eigenvalue weighted by Gasteiger charge is -2.09. The predicted octanol–water partition coefficient (Wildman–Crippen LogP) is 3.31. The van der Waals surface area contributed by atoms with Crippen LogP contribution in [0.3, 0.4) is 0 Å². The van der Waals surface area contributed by atoms with Crippen molar-refractivity contribution in [3.8, 4) is 23.0 Å². The molecule has 1 heterocycles. The van der Waals surface area contributed by atoms with E-state index < -0.39 is 5.91 Å². The van der Waals surface area contributed by atoms with Crippen LogP contribution in [0.1, 0.15) is 16.2 Å². The minimum Gasteiger partial charge on any atom is -0.497 e. The maximum atomic E-state index is 12.4. The number of amides is 1. The summed E-state index contributed by atoms with van der Waals surface area (Å²) in [5, 5.41) is 10.4. The molecule has 3 aromatic rings. The number of benzene rings is 2. The summed E-state index contributed by atoms with van der Waals surface area (Å²) in [7, 11) is 3.12. The first-order valence-corrected chi connectivity index (χ1v) is 7.54. The van der Waals surface area contributed by atoms with Gasteiger partial charge in [0.05, 0.1) is 19.9 Å². The van der Waals surface area contributed by atoms with Crippen LogP contribution < -0.4 is 14.8 Å². The van der Waals surface area contributed by atoms with Gasteiger partial charge in [0, 0.05) is 5.56 Å². The van der Waals surface area contributed by atoms with Gasteiger partial charge >= 0.3 is 11.8 Å². The van der Waals surface area contributed by atoms with E-state index in [2.05, 4.69) is 15.5 Å². The van der Waals surface area contributed by atoms with E-state index in [4.69, 9.17) is 13.9 Å². The predicted molar refractivity (Wildman–Crippen MR) is 92.0 cm³/mol. The van der Waals surface area contributed by atoms with E-state index in [9.17, 15) is 4.79 Å². The lowest BCUT2D eigenvalue weighted by molar-refractivity contribution is 0.0990. The van der Waals surface area contributed by atoms with E-state index in [1.807, 2.05) is 13.0 Å². The maximum absolute atomic E-state index is 12.4. The monoisotopic (exact) mass is 339 g/mol. The number of carbonyl (C=O) groups is 1. The zero-order valence-corrected chi connectivity index (χ0v) is 14.1. The van der Waals surface area contributed by atoms with E-state index in [0.29, 0.717) is 22.7 Å². The Bertz CT molecular complexity index is 888. The Kier molecular flexibility index (Phi) is 4.65. The molecule has 0 aliphatic carbocycles. The Labute approximate surface area is 144 Å². The minimum atomic E-state index is -0.504. The summed E-state index contributed by atoms with van der Waals surface area (Å²) in [6.45, 7) is 1.92. The molecule has 25 heavy (non-hydrogen) atoms. The molecule has 1 amide bonds. The molecule has 0 bridgehead atoms. The molecule has 0 aliphatic rings. The summed E-state index contributed by atoms with van der Waals surface area (Å²) >= 11 is 0. The molecule has 3 rings (SSSR count). The van der Waals surface area contributed by atoms with Gasteiger partial charge in [0.15, 0.2) is 0 Å². The molecule has 0 saturated heterocycles. The second kappa shape index (κ2) is 7.04. The number of hydrogen-bond donors (Lipinski definition) is 1. The van der Waals surface area contributed by atoms with Crippen molar-refractivity contribution < 1.29 is 18.7 Å². The molecular formula is C18H17N3O4. The third-order valence-electron chi connectivity index (χ3n) is 3.56. The van der Waals surface area contributed by atoms with Crippen molar-refractivity contribution in [1.29, 1.82) is 0 Å². The molecule has 0 aliphatic heterocycles. The third kappa shape index (κ3) is 3.60. The number of aryl methyl sites for hydroxylation is 1. The van der Waals surface area contributed by atoms with Crippen LogP contribution in [0.2, 0.25) is 0 Å². The minimum absolute atomic E-state index is 0.130. The lowest BCUT2D eigenvalue weighted by Crippen LogP contribution is -2.13. The molecule has 7 heteroatoms. The van der Waals surface area contributed by atoms with Gasteiger partial charge in [0.1, 0.15) is 11.5 Å². The fourth-order valence-corrected chi connectivity index (χ4v) is 2.26. The fraction of sp³-hybridized carbons (Fsp3) is 0.167. The highest BCUT2D eigenvalue weighted by Gasteiger charge is 2.17. The molecular weight excluding hydrogens is 322 g/mol. The zero-order chi connectivity index (χ0) is 17.8. The van der Waals surface area contributed by atoms with Crippen molar-refractivity contribution in [3.05, 3.63) is 53.9 Å². The Morgan fingerprint density at radius 1 is 1.04 bits per heavy atom. The van der Waals surface area contributed by atoms with Crippen LogP contribution in [0.4, 0.5) is 5.69 Å². The van der Waals surface area contributed by atoms with E-state index in [-0.39, 0.29) is 11.8 Å². The van der Waals surface area contributed by atoms with Gasteiger partial charge in [-0.15, -0.1) is 10.2 Å². The molecule has 0 atom stereocenters. The molecule has 0 fully saturated rings. The molecule has 7 nitrogen and oxygen atoms in total. The topological polar surface area (TPSA) is 86.5 Å². The van der Waals surface area contributed by atoms with Crippen LogP contribution in [-0.2, 0) is 0 Å². The van der Waals surface area contributed by atoms with E-state index >= 15 is 0 Å². The quantitative estimate of drug-likeness (QED) is 0.767. The van der Waals surface area contributed by atoms with Gasteiger partial charge in [-0.2, -0.15) is 0 Å². The molecule has 0 saturated carbocycles. The van der Waals surface area contributed by atoms with Gasteiger partial charge in [0.25, 0.3) is 0 Å². The van der Waals surface area contributed by atoms with Crippen molar-refractivity contribution in [3.63, 3.8) is 0 Å². The number of ether oxygens (including phenoxy) is 2. The first kappa shape index (κ1) is 16.5. The Morgan fingerprint density at radius 3 is 2.48 bits per heavy atom. The summed E-state index contributed by atoms with van der Waals surface area (Å²) in [6.07, 6.45) is 0. The average molecular weight is 339 g/mol. The highest BCUT2D eigenvalue weighted by atomic mass is 16.5. The molecule has 1 N–H and O–H groups in total. The van der Waals surface area contributed by atoms with E-state index in [1.165, 1.54) is 7.11 Å². The van der Waals surface area contributed by atoms with Crippen molar-refractivity contribution in [2.45, 2.75) is 6.92 Å². The highest BCUT2D eigenvalue weighted by molar-refractivity contribution is 6.01. The number of nitrogens with one attached hydrogen (secondary N) is 1. The summed E-state index contributed by atoms with van der Waals surface area (Å²) < 4.78 is 15.8. The second-order valence-electron chi connectivity index (χ2n) is 5.30. The zero-order valence-electron chi connectivity index (χ0n) is 14.1. The second-order valence-corrected chi connectivity index (χ2v) is 5.30. The van der Waals surface area contributed by atoms with Gasteiger partial charge in [-0.1, -0.05) is 6.07 Å². The molecule has 0 unspecified atom stereocenters. The van der Waals surface area contributed by atoms with Gasteiger partial charge < -0.3 is 19.2 Å². The van der Waals surface area contributed by atoms with Crippen LogP contribution in [-0.4, -0.2) is 30.3 Å². The maximum Gasteiger partial charge on any atom is 0.313 e. The number of aromatic nitrogens is 2. The Balaban J connectivity index is 1.80. The third-order valence-corrected chi connectivity index (χ3v) is 3.56. The van der Waals surface area contributed by atoms with Crippen LogP contribution in [0.5, 0.6) is 11.5 Å². The van der Waals surface area contributed by atoms with Crippen LogP contribution in [0.15, 0.2) is 46.9 Å². The number of nitrogens with zero attached hydrogens (tertiary/aromatic N) is 2. The fourth-order valence-electron chi connectivity index (χ4n) is 2.26. The molecule has 1 aromatic heterocycles. The highest BCUT2D eigenvalue weighted by Crippen LogP contribution is 2.26. The molecule has 0 radical (unpaired) electrons. The lowest BCUT2D eigenvalue weighted by atomic mass is 10.2. The van der Waals surface area contributed by atoms with Crippen molar-refractivity contribution >= 4 is 11.6 Å². The van der Waals surface area contributed by atoms with Crippen LogP contribution in [0, 0.1) is 6.92 Å². The standard InChI is InChI=1S/C18H17N3O4/c1-11-4-9-15(24-3)14(10-11)19-16(22)18-21-20-17(25-18)12-5-7-13(23-2)8-6-12/h4-10H,1-3H3,(H,19,22). The van der Waals surface area contributed by atoms with E-state index in [0.717, 1.165) is 5.56 Å². The Hall–Kier alpha value is -3.35. The van der Waals surface area contributed by atoms with Gasteiger partial charge in [-0.25, -0.2) is 0 Å². The van der Waals surface area contributed by atoms with Gasteiger partial charge in [-0.05, 0) is 48.9 Å². The number of anilines is 1. The molecule has 0 spiro atoms. The summed E-state index contributed by atoms with van der Waals surface area (Å²) in [5.41, 5.74) is 2.22. The van der Waals surface area contributed by atoms with Crippen molar-refractivity contribution in [2.24, 2.45) is 0 Å².